The van der Waals surface area contributed by atoms with Gasteiger partial charge in [-0.3, -0.25) is 0 Å². The Kier molecular flexibility index (Phi) is 1.49. The van der Waals surface area contributed by atoms with Crippen molar-refractivity contribution in [3.05, 3.63) is 17.2 Å². The fourth-order valence-electron chi connectivity index (χ4n) is 0.388. The molecule has 0 unspecified atom stereocenters. The predicted molar refractivity (Wildman–Crippen MR) is 33.0 cm³/mol. The van der Waals surface area contributed by atoms with Crippen LogP contribution in [0.1, 0.15) is 0 Å². The van der Waals surface area contributed by atoms with E-state index in [1.807, 2.05) is 0 Å². The van der Waals surface area contributed by atoms with Gasteiger partial charge in [0.2, 0.25) is 0 Å². The maximum atomic E-state index is 12.0. The summed E-state index contributed by atoms with van der Waals surface area (Å²) in [7, 11) is 0. The summed E-state index contributed by atoms with van der Waals surface area (Å²) in [5, 5.41) is 0.242. The Hall–Kier alpha value is -0.150. The fraction of sp³-hybridized carbons (Fsp3) is 0. The Labute approximate surface area is 56.3 Å². The Balaban J connectivity index is 3.14. The molecule has 0 bridgehead atoms. The molecule has 1 rings (SSSR count). The minimum atomic E-state index is -0.458. The molecule has 0 aromatic carbocycles. The molecule has 0 aliphatic heterocycles. The van der Waals surface area contributed by atoms with E-state index in [1.54, 1.807) is 0 Å². The van der Waals surface area contributed by atoms with Crippen molar-refractivity contribution in [2.45, 2.75) is 4.90 Å². The highest BCUT2D eigenvalue weighted by atomic mass is 35.5. The summed E-state index contributed by atoms with van der Waals surface area (Å²) in [5.74, 6) is -0.458. The molecule has 1 aromatic rings. The van der Waals surface area contributed by atoms with Gasteiger partial charge in [0.25, 0.3) is 0 Å². The minimum Gasteiger partial charge on any atom is -0.322 e. The average Bonchev–Trinajstić information content (AvgIpc) is 1.85. The quantitative estimate of drug-likeness (QED) is 0.529. The van der Waals surface area contributed by atoms with Gasteiger partial charge < -0.3 is 4.98 Å². The Morgan fingerprint density at radius 3 is 2.50 bits per heavy atom. The van der Waals surface area contributed by atoms with E-state index >= 15 is 0 Å². The Morgan fingerprint density at radius 1 is 1.75 bits per heavy atom. The number of nitrogens with one attached hydrogen (secondary N) is 1. The SMILES string of the molecule is Fc1cc(S)c(Cl)[nH]1. The van der Waals surface area contributed by atoms with Gasteiger partial charge in [-0.2, -0.15) is 4.39 Å². The van der Waals surface area contributed by atoms with Gasteiger partial charge in [-0.05, 0) is 0 Å². The highest BCUT2D eigenvalue weighted by Crippen LogP contribution is 2.18. The molecule has 0 aliphatic carbocycles. The zero-order valence-electron chi connectivity index (χ0n) is 3.78. The lowest BCUT2D eigenvalue weighted by Crippen LogP contribution is -1.64. The van der Waals surface area contributed by atoms with Crippen LogP contribution in [0.2, 0.25) is 5.15 Å². The third-order valence-corrected chi connectivity index (χ3v) is 1.50. The summed E-state index contributed by atoms with van der Waals surface area (Å²) in [6.07, 6.45) is 0. The van der Waals surface area contributed by atoms with Crippen LogP contribution in [0.15, 0.2) is 11.0 Å². The van der Waals surface area contributed by atoms with E-state index in [-0.39, 0.29) is 5.15 Å². The number of thiol groups is 1. The van der Waals surface area contributed by atoms with Crippen LogP contribution in [0, 0.1) is 5.95 Å². The summed E-state index contributed by atoms with van der Waals surface area (Å²) < 4.78 is 12.0. The number of aromatic amines is 1. The maximum absolute atomic E-state index is 12.0. The lowest BCUT2D eigenvalue weighted by molar-refractivity contribution is 0.591. The molecule has 0 aliphatic rings. The first-order valence-corrected chi connectivity index (χ1v) is 2.75. The molecule has 1 N–H and O–H groups in total. The first-order chi connectivity index (χ1) is 3.70. The summed E-state index contributed by atoms with van der Waals surface area (Å²) in [6.45, 7) is 0. The molecule has 0 saturated carbocycles. The Morgan fingerprint density at radius 2 is 2.38 bits per heavy atom. The standard InChI is InChI=1S/C4H3ClFNS/c5-4-2(8)1-3(6)7-4/h1,7-8H. The van der Waals surface area contributed by atoms with Crippen molar-refractivity contribution < 1.29 is 4.39 Å². The highest BCUT2D eigenvalue weighted by Gasteiger charge is 1.98. The van der Waals surface area contributed by atoms with Crippen molar-refractivity contribution in [2.24, 2.45) is 0 Å². The molecular formula is C4H3ClFNS. The van der Waals surface area contributed by atoms with E-state index in [0.717, 1.165) is 0 Å². The van der Waals surface area contributed by atoms with E-state index < -0.39 is 5.95 Å². The highest BCUT2D eigenvalue weighted by molar-refractivity contribution is 7.80. The van der Waals surface area contributed by atoms with Gasteiger partial charge in [0.15, 0.2) is 5.95 Å². The lowest BCUT2D eigenvalue weighted by Gasteiger charge is -1.76. The van der Waals surface area contributed by atoms with Crippen LogP contribution < -0.4 is 0 Å². The average molecular weight is 152 g/mol. The first kappa shape index (κ1) is 5.98. The molecule has 0 saturated heterocycles. The molecule has 1 heterocycles. The van der Waals surface area contributed by atoms with E-state index in [9.17, 15) is 4.39 Å². The number of H-pyrrole nitrogens is 1. The molecule has 0 radical (unpaired) electrons. The van der Waals surface area contributed by atoms with Gasteiger partial charge in [0.05, 0.1) is 0 Å². The molecule has 0 fully saturated rings. The number of hydrogen-bond acceptors (Lipinski definition) is 1. The van der Waals surface area contributed by atoms with Crippen LogP contribution in [-0.2, 0) is 0 Å². The number of rotatable bonds is 0. The third-order valence-electron chi connectivity index (χ3n) is 0.717. The van der Waals surface area contributed by atoms with Crippen molar-refractivity contribution in [1.82, 2.24) is 4.98 Å². The van der Waals surface area contributed by atoms with Gasteiger partial charge in [0, 0.05) is 11.0 Å². The van der Waals surface area contributed by atoms with Crippen molar-refractivity contribution in [2.75, 3.05) is 0 Å². The monoisotopic (exact) mass is 151 g/mol. The van der Waals surface area contributed by atoms with Crippen molar-refractivity contribution in [3.8, 4) is 0 Å². The van der Waals surface area contributed by atoms with E-state index in [0.29, 0.717) is 4.90 Å². The molecule has 0 amide bonds. The molecule has 0 atom stereocenters. The topological polar surface area (TPSA) is 15.8 Å². The third kappa shape index (κ3) is 0.980. The largest absolute Gasteiger partial charge is 0.322 e. The van der Waals surface area contributed by atoms with Gasteiger partial charge in [-0.15, -0.1) is 12.6 Å². The van der Waals surface area contributed by atoms with Gasteiger partial charge in [-0.1, -0.05) is 11.6 Å². The molecule has 4 heteroatoms. The molecule has 1 aromatic heterocycles. The molecule has 1 nitrogen and oxygen atoms in total. The summed E-state index contributed by atoms with van der Waals surface area (Å²) in [5.41, 5.74) is 0. The summed E-state index contributed by atoms with van der Waals surface area (Å²) in [4.78, 5) is 2.66. The predicted octanol–water partition coefficient (Wildman–Crippen LogP) is 2.10. The zero-order chi connectivity index (χ0) is 6.15. The van der Waals surface area contributed by atoms with Gasteiger partial charge in [0.1, 0.15) is 5.15 Å². The number of halogens is 2. The van der Waals surface area contributed by atoms with Crippen LogP contribution in [0.3, 0.4) is 0 Å². The van der Waals surface area contributed by atoms with E-state index in [2.05, 4.69) is 17.6 Å². The summed E-state index contributed by atoms with van der Waals surface area (Å²) in [6, 6.07) is 1.21. The number of hydrogen-bond donors (Lipinski definition) is 2. The van der Waals surface area contributed by atoms with Crippen molar-refractivity contribution in [3.63, 3.8) is 0 Å². The van der Waals surface area contributed by atoms with Crippen LogP contribution in [0.4, 0.5) is 4.39 Å². The summed E-state index contributed by atoms with van der Waals surface area (Å²) >= 11 is 9.17. The maximum Gasteiger partial charge on any atom is 0.193 e. The first-order valence-electron chi connectivity index (χ1n) is 1.93. The van der Waals surface area contributed by atoms with Gasteiger partial charge in [-0.25, -0.2) is 0 Å². The van der Waals surface area contributed by atoms with Crippen molar-refractivity contribution in [1.29, 1.82) is 0 Å². The second-order valence-corrected chi connectivity index (χ2v) is 2.18. The second-order valence-electron chi connectivity index (χ2n) is 1.32. The fourth-order valence-corrected chi connectivity index (χ4v) is 0.702. The van der Waals surface area contributed by atoms with Crippen LogP contribution in [0.25, 0.3) is 0 Å². The lowest BCUT2D eigenvalue weighted by atomic mass is 10.7. The number of aromatic nitrogens is 1. The normalized spacial score (nSPS) is 9.88. The van der Waals surface area contributed by atoms with E-state index in [4.69, 9.17) is 11.6 Å². The zero-order valence-corrected chi connectivity index (χ0v) is 5.43. The molecule has 8 heavy (non-hydrogen) atoms. The second kappa shape index (κ2) is 1.99. The minimum absolute atomic E-state index is 0.242. The molecule has 44 valence electrons. The smallest absolute Gasteiger partial charge is 0.193 e. The molecular weight excluding hydrogens is 149 g/mol. The van der Waals surface area contributed by atoms with Crippen LogP contribution in [0.5, 0.6) is 0 Å². The van der Waals surface area contributed by atoms with Crippen LogP contribution in [-0.4, -0.2) is 4.98 Å². The van der Waals surface area contributed by atoms with Crippen LogP contribution >= 0.6 is 24.2 Å². The Bertz CT molecular complexity index is 178. The van der Waals surface area contributed by atoms with Gasteiger partial charge >= 0.3 is 0 Å². The molecule has 0 spiro atoms. The van der Waals surface area contributed by atoms with Crippen molar-refractivity contribution >= 4 is 24.2 Å². The van der Waals surface area contributed by atoms with E-state index in [1.165, 1.54) is 6.07 Å².